The Balaban J connectivity index is 2.30. The second-order valence-corrected chi connectivity index (χ2v) is 5.46. The van der Waals surface area contributed by atoms with Crippen LogP contribution in [0.3, 0.4) is 0 Å². The van der Waals surface area contributed by atoms with Gasteiger partial charge in [0.05, 0.1) is 18.1 Å². The zero-order chi connectivity index (χ0) is 16.5. The van der Waals surface area contributed by atoms with E-state index >= 15 is 0 Å². The summed E-state index contributed by atoms with van der Waals surface area (Å²) in [7, 11) is 0. The molecule has 2 atom stereocenters. The van der Waals surface area contributed by atoms with Gasteiger partial charge in [0, 0.05) is 5.56 Å². The SMILES string of the molecule is CC(C)OC(=O)/C=C1\OC(c2ccccc2)(C(F)(F)F)[C@H]1C. The van der Waals surface area contributed by atoms with Gasteiger partial charge < -0.3 is 9.47 Å². The third-order valence-electron chi connectivity index (χ3n) is 3.55. The number of hydrogen-bond acceptors (Lipinski definition) is 3. The van der Waals surface area contributed by atoms with Gasteiger partial charge in [0.15, 0.2) is 0 Å². The van der Waals surface area contributed by atoms with Crippen molar-refractivity contribution in [2.45, 2.75) is 38.7 Å². The monoisotopic (exact) mass is 314 g/mol. The fraction of sp³-hybridized carbons (Fsp3) is 0.438. The van der Waals surface area contributed by atoms with Gasteiger partial charge in [-0.3, -0.25) is 0 Å². The molecule has 1 aliphatic rings. The first-order valence-electron chi connectivity index (χ1n) is 6.92. The number of carbonyl (C=O) groups excluding carboxylic acids is 1. The molecule has 120 valence electrons. The number of rotatable bonds is 3. The van der Waals surface area contributed by atoms with E-state index in [1.807, 2.05) is 0 Å². The molecule has 0 aromatic heterocycles. The van der Waals surface area contributed by atoms with E-state index in [1.54, 1.807) is 19.9 Å². The average Bonchev–Trinajstić information content (AvgIpc) is 2.41. The van der Waals surface area contributed by atoms with Gasteiger partial charge in [0.2, 0.25) is 5.60 Å². The molecular weight excluding hydrogens is 297 g/mol. The highest BCUT2D eigenvalue weighted by atomic mass is 19.4. The molecule has 1 heterocycles. The molecule has 0 amide bonds. The maximum absolute atomic E-state index is 13.5. The lowest BCUT2D eigenvalue weighted by Gasteiger charge is -2.50. The van der Waals surface area contributed by atoms with Crippen molar-refractivity contribution in [3.05, 3.63) is 47.7 Å². The number of esters is 1. The lowest BCUT2D eigenvalue weighted by Crippen LogP contribution is -2.58. The van der Waals surface area contributed by atoms with Crippen molar-refractivity contribution in [1.82, 2.24) is 0 Å². The highest BCUT2D eigenvalue weighted by molar-refractivity contribution is 5.83. The van der Waals surface area contributed by atoms with Crippen LogP contribution >= 0.6 is 0 Å². The molecule has 1 aromatic carbocycles. The van der Waals surface area contributed by atoms with Crippen LogP contribution < -0.4 is 0 Å². The van der Waals surface area contributed by atoms with E-state index in [0.717, 1.165) is 6.08 Å². The molecule has 2 rings (SSSR count). The molecule has 0 N–H and O–H groups in total. The molecule has 22 heavy (non-hydrogen) atoms. The smallest absolute Gasteiger partial charge is 0.433 e. The molecule has 0 saturated carbocycles. The zero-order valence-electron chi connectivity index (χ0n) is 12.5. The molecule has 6 heteroatoms. The van der Waals surface area contributed by atoms with Crippen LogP contribution in [0.4, 0.5) is 13.2 Å². The van der Waals surface area contributed by atoms with Crippen LogP contribution in [0.2, 0.25) is 0 Å². The Labute approximate surface area is 126 Å². The molecule has 1 aromatic rings. The van der Waals surface area contributed by atoms with Crippen molar-refractivity contribution in [1.29, 1.82) is 0 Å². The number of alkyl halides is 3. The summed E-state index contributed by atoms with van der Waals surface area (Å²) in [5.74, 6) is -1.73. The molecular formula is C16H17F3O3. The molecule has 1 unspecified atom stereocenters. The predicted molar refractivity (Wildman–Crippen MR) is 73.7 cm³/mol. The van der Waals surface area contributed by atoms with Gasteiger partial charge in [-0.2, -0.15) is 13.2 Å². The first-order valence-corrected chi connectivity index (χ1v) is 6.92. The summed E-state index contributed by atoms with van der Waals surface area (Å²) in [4.78, 5) is 11.5. The maximum atomic E-state index is 13.5. The van der Waals surface area contributed by atoms with Gasteiger partial charge in [-0.05, 0) is 13.8 Å². The van der Waals surface area contributed by atoms with Crippen LogP contribution in [0.5, 0.6) is 0 Å². The lowest BCUT2D eigenvalue weighted by atomic mass is 9.75. The van der Waals surface area contributed by atoms with Crippen LogP contribution in [0.1, 0.15) is 26.3 Å². The summed E-state index contributed by atoms with van der Waals surface area (Å²) in [5.41, 5.74) is -2.40. The van der Waals surface area contributed by atoms with E-state index in [9.17, 15) is 18.0 Å². The van der Waals surface area contributed by atoms with Crippen molar-refractivity contribution in [2.24, 2.45) is 5.92 Å². The Morgan fingerprint density at radius 3 is 2.36 bits per heavy atom. The van der Waals surface area contributed by atoms with Gasteiger partial charge in [0.1, 0.15) is 5.76 Å². The maximum Gasteiger partial charge on any atom is 0.433 e. The van der Waals surface area contributed by atoms with Crippen LogP contribution in [-0.4, -0.2) is 18.2 Å². The average molecular weight is 314 g/mol. The third-order valence-corrected chi connectivity index (χ3v) is 3.55. The number of benzene rings is 1. The number of carbonyl (C=O) groups is 1. The lowest BCUT2D eigenvalue weighted by molar-refractivity contribution is -0.332. The zero-order valence-corrected chi connectivity index (χ0v) is 12.5. The summed E-state index contributed by atoms with van der Waals surface area (Å²) in [5, 5.41) is 0. The Morgan fingerprint density at radius 1 is 1.32 bits per heavy atom. The van der Waals surface area contributed by atoms with Crippen molar-refractivity contribution >= 4 is 5.97 Å². The predicted octanol–water partition coefficient (Wildman–Crippen LogP) is 3.95. The first-order chi connectivity index (χ1) is 10.2. The second-order valence-electron chi connectivity index (χ2n) is 5.46. The number of ether oxygens (including phenoxy) is 2. The van der Waals surface area contributed by atoms with Crippen molar-refractivity contribution in [3.63, 3.8) is 0 Å². The third kappa shape index (κ3) is 2.69. The molecule has 0 aliphatic carbocycles. The van der Waals surface area contributed by atoms with Crippen LogP contribution in [0.25, 0.3) is 0 Å². The number of halogens is 3. The Bertz CT molecular complexity index is 578. The minimum absolute atomic E-state index is 0.0179. The topological polar surface area (TPSA) is 35.5 Å². The Hall–Kier alpha value is -1.98. The standard InChI is InChI=1S/C16H17F3O3/c1-10(2)21-14(20)9-13-11(3)15(22-13,16(17,18)19)12-7-5-4-6-8-12/h4-11H,1-3H3/b13-9-/t11-,15?/m0/s1. The minimum Gasteiger partial charge on any atom is -0.476 e. The quantitative estimate of drug-likeness (QED) is 0.626. The van der Waals surface area contributed by atoms with Crippen molar-refractivity contribution < 1.29 is 27.4 Å². The van der Waals surface area contributed by atoms with Crippen molar-refractivity contribution in [2.75, 3.05) is 0 Å². The summed E-state index contributed by atoms with van der Waals surface area (Å²) in [6.45, 7) is 4.70. The first kappa shape index (κ1) is 16.4. The highest BCUT2D eigenvalue weighted by Crippen LogP contribution is 2.58. The van der Waals surface area contributed by atoms with E-state index in [2.05, 4.69) is 0 Å². The summed E-state index contributed by atoms with van der Waals surface area (Å²) >= 11 is 0. The normalized spacial score (nSPS) is 26.5. The van der Waals surface area contributed by atoms with E-state index in [0.29, 0.717) is 0 Å². The van der Waals surface area contributed by atoms with Gasteiger partial charge in [-0.15, -0.1) is 0 Å². The molecule has 1 aliphatic heterocycles. The van der Waals surface area contributed by atoms with Gasteiger partial charge >= 0.3 is 12.1 Å². The fourth-order valence-corrected chi connectivity index (χ4v) is 2.50. The number of hydrogen-bond donors (Lipinski definition) is 0. The van der Waals surface area contributed by atoms with Crippen LogP contribution in [-0.2, 0) is 19.9 Å². The van der Waals surface area contributed by atoms with E-state index in [4.69, 9.17) is 9.47 Å². The van der Waals surface area contributed by atoms with Gasteiger partial charge in [-0.1, -0.05) is 37.3 Å². The molecule has 1 fully saturated rings. The molecule has 0 spiro atoms. The fourth-order valence-electron chi connectivity index (χ4n) is 2.50. The largest absolute Gasteiger partial charge is 0.476 e. The molecule has 3 nitrogen and oxygen atoms in total. The summed E-state index contributed by atoms with van der Waals surface area (Å²) in [6, 6.07) is 7.41. The molecule has 0 bridgehead atoms. The molecule has 0 radical (unpaired) electrons. The van der Waals surface area contributed by atoms with Gasteiger partial charge in [-0.25, -0.2) is 4.79 Å². The van der Waals surface area contributed by atoms with Crippen molar-refractivity contribution in [3.8, 4) is 0 Å². The van der Waals surface area contributed by atoms with E-state index in [1.165, 1.54) is 31.2 Å². The van der Waals surface area contributed by atoms with Crippen LogP contribution in [0.15, 0.2) is 42.2 Å². The van der Waals surface area contributed by atoms with Gasteiger partial charge in [0.25, 0.3) is 0 Å². The van der Waals surface area contributed by atoms with Crippen LogP contribution in [0, 0.1) is 5.92 Å². The molecule has 1 saturated heterocycles. The van der Waals surface area contributed by atoms with E-state index in [-0.39, 0.29) is 17.4 Å². The minimum atomic E-state index is -4.59. The second kappa shape index (κ2) is 5.66. The Morgan fingerprint density at radius 2 is 1.91 bits per heavy atom. The summed E-state index contributed by atoms with van der Waals surface area (Å²) < 4.78 is 50.6. The Kier molecular flexibility index (Phi) is 4.22. The highest BCUT2D eigenvalue weighted by Gasteiger charge is 2.69. The summed E-state index contributed by atoms with van der Waals surface area (Å²) in [6.07, 6.45) is -3.95. The van der Waals surface area contributed by atoms with E-state index < -0.39 is 23.7 Å².